The molecule has 0 aliphatic heterocycles. The van der Waals surface area contributed by atoms with Crippen LogP contribution in [0.15, 0.2) is 0 Å². The van der Waals surface area contributed by atoms with Crippen molar-refractivity contribution >= 4 is 47.2 Å². The molecule has 0 rings (SSSR count). The second kappa shape index (κ2) is 10.2. The van der Waals surface area contributed by atoms with Crippen LogP contribution in [0.4, 0.5) is 0 Å². The molecule has 0 heterocycles. The van der Waals surface area contributed by atoms with Crippen molar-refractivity contribution in [3.8, 4) is 0 Å². The fraction of sp³-hybridized carbons (Fsp3) is 1.00. The zero-order valence-electron chi connectivity index (χ0n) is 7.10. The van der Waals surface area contributed by atoms with Crippen LogP contribution in [0.1, 0.15) is 6.92 Å². The summed E-state index contributed by atoms with van der Waals surface area (Å²) in [7, 11) is 0. The van der Waals surface area contributed by atoms with Gasteiger partial charge in [0.15, 0.2) is 0 Å². The Kier molecular flexibility index (Phi) is 13.3. The molecule has 5 heteroatoms. The standard InChI is InChI=1S/C7H14Cl3N.ClH/c1-7(6-10)11(4-2-8)5-3-9;/h7H,2-6H2,1H3;1H. The van der Waals surface area contributed by atoms with E-state index in [-0.39, 0.29) is 12.4 Å². The molecule has 0 aromatic heterocycles. The van der Waals surface area contributed by atoms with Crippen molar-refractivity contribution in [1.82, 2.24) is 4.90 Å². The number of hydrogen-bond acceptors (Lipinski definition) is 1. The summed E-state index contributed by atoms with van der Waals surface area (Å²) in [6.45, 7) is 3.80. The summed E-state index contributed by atoms with van der Waals surface area (Å²) in [6, 6.07) is 0.370. The first-order valence-corrected chi connectivity index (χ1v) is 5.28. The van der Waals surface area contributed by atoms with E-state index >= 15 is 0 Å². The predicted octanol–water partition coefficient (Wildman–Crippen LogP) is 2.82. The normalized spacial score (nSPS) is 12.8. The van der Waals surface area contributed by atoms with Gasteiger partial charge < -0.3 is 0 Å². The van der Waals surface area contributed by atoms with Crippen LogP contribution in [-0.4, -0.2) is 41.7 Å². The number of alkyl halides is 3. The molecule has 1 unspecified atom stereocenters. The molecule has 0 aliphatic rings. The second-order valence-electron chi connectivity index (χ2n) is 2.42. The fourth-order valence-corrected chi connectivity index (χ4v) is 1.50. The van der Waals surface area contributed by atoms with Gasteiger partial charge in [-0.3, -0.25) is 4.90 Å². The van der Waals surface area contributed by atoms with E-state index in [0.717, 1.165) is 13.1 Å². The summed E-state index contributed by atoms with van der Waals surface area (Å²) in [4.78, 5) is 2.19. The van der Waals surface area contributed by atoms with Gasteiger partial charge in [-0.1, -0.05) is 0 Å². The molecule has 0 spiro atoms. The first-order valence-electron chi connectivity index (χ1n) is 3.68. The molecule has 1 nitrogen and oxygen atoms in total. The van der Waals surface area contributed by atoms with Gasteiger partial charge in [-0.25, -0.2) is 0 Å². The Morgan fingerprint density at radius 2 is 1.50 bits per heavy atom. The van der Waals surface area contributed by atoms with Gasteiger partial charge in [-0.15, -0.1) is 47.2 Å². The smallest absolute Gasteiger partial charge is 0.0376 e. The van der Waals surface area contributed by atoms with Gasteiger partial charge in [0.05, 0.1) is 0 Å². The van der Waals surface area contributed by atoms with Crippen LogP contribution >= 0.6 is 47.2 Å². The Labute approximate surface area is 95.8 Å². The van der Waals surface area contributed by atoms with Gasteiger partial charge in [0.2, 0.25) is 0 Å². The third-order valence-corrected chi connectivity index (χ3v) is 2.37. The molecule has 0 bridgehead atoms. The summed E-state index contributed by atoms with van der Waals surface area (Å²) >= 11 is 16.9. The van der Waals surface area contributed by atoms with Crippen LogP contribution in [-0.2, 0) is 0 Å². The summed E-state index contributed by atoms with van der Waals surface area (Å²) in [5.41, 5.74) is 0. The molecular formula is C7H15Cl4N. The van der Waals surface area contributed by atoms with E-state index in [9.17, 15) is 0 Å². The molecule has 0 saturated heterocycles. The van der Waals surface area contributed by atoms with E-state index in [1.54, 1.807) is 0 Å². The van der Waals surface area contributed by atoms with Crippen LogP contribution in [0, 0.1) is 0 Å². The van der Waals surface area contributed by atoms with Crippen LogP contribution < -0.4 is 0 Å². The van der Waals surface area contributed by atoms with Crippen molar-refractivity contribution in [2.24, 2.45) is 0 Å². The Morgan fingerprint density at radius 3 is 1.75 bits per heavy atom. The molecule has 0 aliphatic carbocycles. The number of nitrogens with zero attached hydrogens (tertiary/aromatic N) is 1. The lowest BCUT2D eigenvalue weighted by atomic mass is 10.3. The number of hydrogen-bond donors (Lipinski definition) is 0. The van der Waals surface area contributed by atoms with Gasteiger partial charge in [0.1, 0.15) is 0 Å². The van der Waals surface area contributed by atoms with Crippen LogP contribution in [0.5, 0.6) is 0 Å². The van der Waals surface area contributed by atoms with Crippen molar-refractivity contribution in [2.75, 3.05) is 30.7 Å². The number of halogens is 4. The maximum Gasteiger partial charge on any atom is 0.0376 e. The average Bonchev–Trinajstić information content (AvgIpc) is 2.03. The molecule has 76 valence electrons. The fourth-order valence-electron chi connectivity index (χ4n) is 0.867. The maximum absolute atomic E-state index is 5.69. The Balaban J connectivity index is 0. The lowest BCUT2D eigenvalue weighted by molar-refractivity contribution is 0.252. The minimum atomic E-state index is 0. The predicted molar refractivity (Wildman–Crippen MR) is 60.4 cm³/mol. The molecule has 0 N–H and O–H groups in total. The topological polar surface area (TPSA) is 3.24 Å². The van der Waals surface area contributed by atoms with E-state index < -0.39 is 0 Å². The van der Waals surface area contributed by atoms with Crippen LogP contribution in [0.3, 0.4) is 0 Å². The van der Waals surface area contributed by atoms with Crippen molar-refractivity contribution in [3.63, 3.8) is 0 Å². The summed E-state index contributed by atoms with van der Waals surface area (Å²) in [5, 5.41) is 0. The summed E-state index contributed by atoms with van der Waals surface area (Å²) in [6.07, 6.45) is 0. The molecule has 0 saturated carbocycles. The molecular weight excluding hydrogens is 240 g/mol. The SMILES string of the molecule is CC(CCl)N(CCCl)CCCl.Cl. The van der Waals surface area contributed by atoms with E-state index in [4.69, 9.17) is 34.8 Å². The van der Waals surface area contributed by atoms with Crippen molar-refractivity contribution in [2.45, 2.75) is 13.0 Å². The van der Waals surface area contributed by atoms with Crippen molar-refractivity contribution in [3.05, 3.63) is 0 Å². The highest BCUT2D eigenvalue weighted by Crippen LogP contribution is 2.01. The van der Waals surface area contributed by atoms with E-state index in [2.05, 4.69) is 11.8 Å². The second-order valence-corrected chi connectivity index (χ2v) is 3.48. The summed E-state index contributed by atoms with van der Waals surface area (Å²) < 4.78 is 0. The summed E-state index contributed by atoms with van der Waals surface area (Å²) in [5.74, 6) is 1.91. The van der Waals surface area contributed by atoms with Crippen LogP contribution in [0.25, 0.3) is 0 Å². The highest BCUT2D eigenvalue weighted by molar-refractivity contribution is 6.19. The Hall–Kier alpha value is 1.12. The van der Waals surface area contributed by atoms with E-state index in [0.29, 0.717) is 23.7 Å². The molecule has 12 heavy (non-hydrogen) atoms. The molecule has 0 aromatic rings. The maximum atomic E-state index is 5.69. The van der Waals surface area contributed by atoms with Gasteiger partial charge in [-0.2, -0.15) is 0 Å². The third-order valence-electron chi connectivity index (χ3n) is 1.59. The minimum absolute atomic E-state index is 0. The van der Waals surface area contributed by atoms with Gasteiger partial charge in [0.25, 0.3) is 0 Å². The van der Waals surface area contributed by atoms with Gasteiger partial charge >= 0.3 is 0 Å². The van der Waals surface area contributed by atoms with Crippen molar-refractivity contribution in [1.29, 1.82) is 0 Å². The average molecular weight is 255 g/mol. The largest absolute Gasteiger partial charge is 0.297 e. The molecule has 0 fully saturated rings. The zero-order valence-corrected chi connectivity index (χ0v) is 10.2. The van der Waals surface area contributed by atoms with Gasteiger partial charge in [0, 0.05) is 36.8 Å². The van der Waals surface area contributed by atoms with E-state index in [1.807, 2.05) is 0 Å². The first-order chi connectivity index (χ1) is 5.26. The quantitative estimate of drug-likeness (QED) is 0.659. The third kappa shape index (κ3) is 6.62. The highest BCUT2D eigenvalue weighted by Gasteiger charge is 2.10. The minimum Gasteiger partial charge on any atom is -0.297 e. The van der Waals surface area contributed by atoms with Crippen LogP contribution in [0.2, 0.25) is 0 Å². The monoisotopic (exact) mass is 253 g/mol. The molecule has 0 amide bonds. The highest BCUT2D eigenvalue weighted by atomic mass is 35.5. The van der Waals surface area contributed by atoms with Crippen molar-refractivity contribution < 1.29 is 0 Å². The van der Waals surface area contributed by atoms with Gasteiger partial charge in [-0.05, 0) is 6.92 Å². The first kappa shape index (κ1) is 15.6. The molecule has 0 aromatic carbocycles. The molecule has 0 radical (unpaired) electrons. The Morgan fingerprint density at radius 1 is 1.08 bits per heavy atom. The molecule has 1 atom stereocenters. The lowest BCUT2D eigenvalue weighted by Crippen LogP contribution is -2.37. The lowest BCUT2D eigenvalue weighted by Gasteiger charge is -2.25. The zero-order chi connectivity index (χ0) is 8.69. The van der Waals surface area contributed by atoms with E-state index in [1.165, 1.54) is 0 Å². The number of rotatable bonds is 6. The Bertz CT molecular complexity index is 85.5.